The summed E-state index contributed by atoms with van der Waals surface area (Å²) in [5.74, 6) is 3.53. The molecule has 0 radical (unpaired) electrons. The molecule has 8 aliphatic rings. The van der Waals surface area contributed by atoms with Gasteiger partial charge in [0, 0.05) is 130 Å². The second-order valence-corrected chi connectivity index (χ2v) is 47.1. The number of hydrogen-bond acceptors (Lipinski definition) is 20. The molecule has 20 rings (SSSR count). The largest absolute Gasteiger partial charge is 0.493 e. The van der Waals surface area contributed by atoms with Crippen molar-refractivity contribution in [3.05, 3.63) is 224 Å². The number of ether oxygens (including phenoxy) is 6. The van der Waals surface area contributed by atoms with Crippen LogP contribution in [0.5, 0.6) is 34.5 Å². The number of benzene rings is 8. The molecular weight excluding hydrogens is 1910 g/mol. The van der Waals surface area contributed by atoms with E-state index in [0.717, 1.165) is 200 Å². The third-order valence-corrected chi connectivity index (χ3v) is 31.2. The van der Waals surface area contributed by atoms with Crippen molar-refractivity contribution < 1.29 is 62.1 Å². The van der Waals surface area contributed by atoms with Crippen molar-refractivity contribution in [2.24, 2.45) is 16.2 Å². The Bertz CT molecular complexity index is 7230. The predicted octanol–water partition coefficient (Wildman–Crippen LogP) is 19.3. The van der Waals surface area contributed by atoms with Crippen molar-refractivity contribution in [1.82, 2.24) is 42.2 Å². The van der Waals surface area contributed by atoms with Crippen LogP contribution >= 0.6 is 46.4 Å². The van der Waals surface area contributed by atoms with E-state index in [1.807, 2.05) is 150 Å². The molecule has 4 aromatic heterocycles. The van der Waals surface area contributed by atoms with Gasteiger partial charge in [-0.15, -0.1) is 0 Å². The summed E-state index contributed by atoms with van der Waals surface area (Å²) in [6.45, 7) is 19.0. The van der Waals surface area contributed by atoms with Gasteiger partial charge in [-0.1, -0.05) is 86.2 Å². The van der Waals surface area contributed by atoms with Gasteiger partial charge in [-0.25, -0.2) is 47.8 Å². The zero-order chi connectivity index (χ0) is 98.6. The first-order valence-electron chi connectivity index (χ1n) is 46.4. The summed E-state index contributed by atoms with van der Waals surface area (Å²) in [5.41, 5.74) is 11.1. The maximum Gasteiger partial charge on any atom is 0.209 e. The highest BCUT2D eigenvalue weighted by Crippen LogP contribution is 2.74. The first-order valence-corrected chi connectivity index (χ1v) is 55.7. The Hall–Kier alpha value is -10.6. The molecule has 8 fully saturated rings. The average molecular weight is 2030 g/mol. The third-order valence-electron chi connectivity index (χ3n) is 26.5. The Morgan fingerprint density at radius 3 is 1.38 bits per heavy atom. The number of fused-ring (bicyclic) bond motifs is 4. The summed E-state index contributed by atoms with van der Waals surface area (Å²) in [7, 11) is -12.5. The van der Waals surface area contributed by atoms with Gasteiger partial charge in [0.2, 0.25) is 30.1 Å². The summed E-state index contributed by atoms with van der Waals surface area (Å²) >= 11 is 26.1. The number of nitrogens with zero attached hydrogens (tertiary/aromatic N) is 10. The summed E-state index contributed by atoms with van der Waals surface area (Å²) in [6.07, 6.45) is 24.8. The number of hydrogen-bond donors (Lipinski definition) is 3. The molecule has 4 bridgehead atoms. The number of likely N-dealkylation sites (tertiary alicyclic amines) is 2. The van der Waals surface area contributed by atoms with Crippen LogP contribution in [0.1, 0.15) is 152 Å². The molecule has 12 aromatic rings. The second kappa shape index (κ2) is 42.1. The van der Waals surface area contributed by atoms with Crippen LogP contribution in [0.15, 0.2) is 170 Å². The van der Waals surface area contributed by atoms with Crippen LogP contribution < -0.4 is 42.6 Å². The first-order chi connectivity index (χ1) is 65.7. The minimum absolute atomic E-state index is 0.00199. The Morgan fingerprint density at radius 2 is 0.899 bits per heavy atom. The maximum absolute atomic E-state index is 11.7. The SMILES string of the molecule is CCCOc1c(C#N)ccc(-n2ccc3ccc(OCC45CC(CS(C)(=O)=O)(C4)C5)cc32)c1Cl.CCCOc1c(Cl)cc(-n2ccc3cc(CC(C)N4CC(NS(C)(=O)=O)C4)ccc32)cc1C#N.CCCOc1c(Cl)cc(-n2ccc3cc(CCN4CCC(NS(C)(=O)=O)CC4)ccc32)cc1C#N.CCCOc1c(Cl)cc(-n2ccc3cc(OC(C)C45CC(NS(C)(=O)=O)(C4)C5)ccc32)cc1C#N. The van der Waals surface area contributed by atoms with E-state index >= 15 is 0 Å². The fraction of sp³-hybridized carbons (Fsp3) is 0.417. The first kappa shape index (κ1) is 102. The molecule has 3 N–H and O–H groups in total. The van der Waals surface area contributed by atoms with Gasteiger partial charge < -0.3 is 51.6 Å². The molecule has 8 aromatic carbocycles. The number of halogens is 4. The molecule has 27 nitrogen and oxygen atoms in total. The van der Waals surface area contributed by atoms with E-state index in [1.54, 1.807) is 18.2 Å². The van der Waals surface area contributed by atoms with Gasteiger partial charge in [-0.2, -0.15) is 21.0 Å². The van der Waals surface area contributed by atoms with E-state index in [9.17, 15) is 54.7 Å². The monoisotopic (exact) mass is 2030 g/mol. The van der Waals surface area contributed by atoms with Crippen LogP contribution in [0.2, 0.25) is 20.1 Å². The number of rotatable bonds is 36. The smallest absolute Gasteiger partial charge is 0.209 e. The highest BCUT2D eigenvalue weighted by molar-refractivity contribution is 7.90. The van der Waals surface area contributed by atoms with Gasteiger partial charge in [0.15, 0.2) is 23.0 Å². The molecule has 2 saturated heterocycles. The molecule has 6 heterocycles. The summed E-state index contributed by atoms with van der Waals surface area (Å²) in [6, 6.07) is 56.4. The molecule has 2 unspecified atom stereocenters. The fourth-order valence-electron chi connectivity index (χ4n) is 20.6. The topological polar surface area (TPSA) is 349 Å². The fourth-order valence-corrected chi connectivity index (χ4v) is 25.7. The van der Waals surface area contributed by atoms with E-state index < -0.39 is 39.9 Å². The molecule has 35 heteroatoms. The zero-order valence-corrected chi connectivity index (χ0v) is 85.3. The molecule has 0 spiro atoms. The van der Waals surface area contributed by atoms with Gasteiger partial charge >= 0.3 is 0 Å². The van der Waals surface area contributed by atoms with Crippen LogP contribution in [0.4, 0.5) is 0 Å². The molecular formula is C103H115Cl4N13O14S4. The normalized spacial score (nSPS) is 19.5. The predicted molar refractivity (Wildman–Crippen MR) is 544 cm³/mol. The third kappa shape index (κ3) is 23.5. The summed E-state index contributed by atoms with van der Waals surface area (Å²) < 4.78 is 144. The Kier molecular flexibility index (Phi) is 31.1. The molecule has 2 aliphatic heterocycles. The number of piperidine rings is 1. The zero-order valence-electron chi connectivity index (χ0n) is 79.0. The number of sulfone groups is 1. The van der Waals surface area contributed by atoms with E-state index in [2.05, 4.69) is 111 Å². The number of sulfonamides is 3. The van der Waals surface area contributed by atoms with Crippen molar-refractivity contribution in [2.45, 2.75) is 161 Å². The van der Waals surface area contributed by atoms with E-state index in [4.69, 9.17) is 74.8 Å². The minimum atomic E-state index is -3.20. The number of nitriles is 4. The van der Waals surface area contributed by atoms with Crippen molar-refractivity contribution in [3.63, 3.8) is 0 Å². The van der Waals surface area contributed by atoms with Gasteiger partial charge in [-0.05, 0) is 261 Å². The maximum atomic E-state index is 11.7. The van der Waals surface area contributed by atoms with Crippen LogP contribution in [0, 0.1) is 61.6 Å². The van der Waals surface area contributed by atoms with Gasteiger partial charge in [0.05, 0.1) is 123 Å². The van der Waals surface area contributed by atoms with Crippen molar-refractivity contribution >= 4 is 130 Å². The Balaban J connectivity index is 0.000000140. The molecule has 6 saturated carbocycles. The highest BCUT2D eigenvalue weighted by Gasteiger charge is 2.72. The molecule has 6 aliphatic carbocycles. The van der Waals surface area contributed by atoms with Crippen molar-refractivity contribution in [2.75, 3.05) is 96.5 Å². The average Bonchev–Trinajstić information content (AvgIpc) is 0.832. The van der Waals surface area contributed by atoms with E-state index in [-0.39, 0.29) is 45.7 Å². The molecule has 0 amide bonds. The Morgan fingerprint density at radius 1 is 0.449 bits per heavy atom. The lowest BCUT2D eigenvalue weighted by Gasteiger charge is -2.71. The lowest BCUT2D eigenvalue weighted by molar-refractivity contribution is -0.204. The quantitative estimate of drug-likeness (QED) is 0.0328. The van der Waals surface area contributed by atoms with Crippen LogP contribution in [0.3, 0.4) is 0 Å². The lowest BCUT2D eigenvalue weighted by Crippen LogP contribution is -2.77. The minimum Gasteiger partial charge on any atom is -0.493 e. The van der Waals surface area contributed by atoms with Crippen molar-refractivity contribution in [3.8, 4) is 81.5 Å². The van der Waals surface area contributed by atoms with Gasteiger partial charge in [0.25, 0.3) is 0 Å². The number of nitrogens with one attached hydrogen (secondary N) is 3. The summed E-state index contributed by atoms with van der Waals surface area (Å²) in [5, 5.41) is 44.2. The summed E-state index contributed by atoms with van der Waals surface area (Å²) in [4.78, 5) is 4.68. The Labute approximate surface area is 828 Å². The van der Waals surface area contributed by atoms with Crippen LogP contribution in [-0.2, 0) is 52.7 Å². The van der Waals surface area contributed by atoms with E-state index in [1.165, 1.54) is 36.1 Å². The van der Waals surface area contributed by atoms with E-state index in [0.29, 0.717) is 104 Å². The van der Waals surface area contributed by atoms with Gasteiger partial charge in [-0.3, -0.25) is 4.90 Å². The molecule has 2 atom stereocenters. The number of aromatic nitrogens is 4. The van der Waals surface area contributed by atoms with Gasteiger partial charge in [0.1, 0.15) is 56.7 Å². The molecule has 138 heavy (non-hydrogen) atoms. The second-order valence-electron chi connectivity index (χ2n) is 38.0. The molecule has 728 valence electrons. The van der Waals surface area contributed by atoms with Crippen molar-refractivity contribution in [1.29, 1.82) is 21.0 Å². The standard InChI is InChI=1S/C26H31ClN4O3S.C26H28ClN3O4S.C26H27ClN2O4S.C25H29ClN4O3S/c1-3-14-34-26-21(18-28)16-23(17-24(26)27)31-13-7-20-15-19(4-5-25(20)31)6-10-30-11-8-22(9-12-30)29-35(2,32)33;1-4-9-33-24-19(13-28)10-20(12-22(24)27)30-8-7-18-11-21(5-6-23(18)30)34-17(2)25-14-26(15-25,16-25)29-35(3,31)32;1-3-10-32-24-19(12-28)5-7-21(23(24)27)29-9-8-18-4-6-20(11-22(18)29)33-16-25-13-26(14-25,15-25)17-34(2,30)31;1-4-9-33-25-20(14-27)12-22(13-23(25)26)30-8-7-19-11-18(5-6-24(19)30)10-17(2)29-15-21(16-29)28-34(3,31)32/h4-5,7,13,15-17,22,29H,3,6,8-12,14H2,1-2H3;5-8,10-12,17,29H,4,9,14-16H2,1-3H3;4-9,11H,3,10,13-17H2,1-2H3;5-8,11-13,17,21,28H,4,9-10,15-16H2,1-3H3. The van der Waals surface area contributed by atoms with Crippen LogP contribution in [-0.4, -0.2) is 188 Å². The lowest BCUT2D eigenvalue weighted by atomic mass is 9.36. The highest BCUT2D eigenvalue weighted by atomic mass is 35.5. The van der Waals surface area contributed by atoms with Crippen LogP contribution in [0.25, 0.3) is 66.4 Å².